The van der Waals surface area contributed by atoms with E-state index >= 15 is 0 Å². The second-order valence-electron chi connectivity index (χ2n) is 4.31. The number of carbonyl (C=O) groups excluding carboxylic acids is 1. The van der Waals surface area contributed by atoms with Gasteiger partial charge in [-0.15, -0.1) is 0 Å². The number of phenolic OH excluding ortho intramolecular Hbond substituents is 1. The number of hydrogen-bond acceptors (Lipinski definition) is 3. The fourth-order valence-corrected chi connectivity index (χ4v) is 3.11. The Balaban J connectivity index is 1.82. The van der Waals surface area contributed by atoms with Gasteiger partial charge in [0.25, 0.3) is 5.91 Å². The van der Waals surface area contributed by atoms with Crippen LogP contribution < -0.4 is 5.32 Å². The van der Waals surface area contributed by atoms with Crippen LogP contribution in [0.3, 0.4) is 0 Å². The van der Waals surface area contributed by atoms with E-state index < -0.39 is 0 Å². The van der Waals surface area contributed by atoms with Crippen molar-refractivity contribution in [2.24, 2.45) is 5.92 Å². The maximum atomic E-state index is 11.8. The molecule has 2 rings (SSSR count). The van der Waals surface area contributed by atoms with Crippen molar-refractivity contribution in [1.29, 1.82) is 0 Å². The molecule has 1 aliphatic heterocycles. The van der Waals surface area contributed by atoms with E-state index in [9.17, 15) is 4.79 Å². The van der Waals surface area contributed by atoms with E-state index in [2.05, 4.69) is 5.32 Å². The van der Waals surface area contributed by atoms with Gasteiger partial charge in [-0.2, -0.15) is 11.8 Å². The fraction of sp³-hybridized carbons (Fsp3) is 0.462. The SMILES string of the molecule is O=C(NCC1CCSCC1)c1ccc(O)cc1. The molecule has 0 spiro atoms. The van der Waals surface area contributed by atoms with Crippen LogP contribution in [0.25, 0.3) is 0 Å². The monoisotopic (exact) mass is 251 g/mol. The largest absolute Gasteiger partial charge is 0.508 e. The average molecular weight is 251 g/mol. The van der Waals surface area contributed by atoms with E-state index in [-0.39, 0.29) is 11.7 Å². The Kier molecular flexibility index (Phi) is 4.31. The van der Waals surface area contributed by atoms with Crippen LogP contribution in [0.4, 0.5) is 0 Å². The predicted octanol–water partition coefficient (Wildman–Crippen LogP) is 2.27. The van der Waals surface area contributed by atoms with Crippen molar-refractivity contribution >= 4 is 17.7 Å². The summed E-state index contributed by atoms with van der Waals surface area (Å²) in [5.41, 5.74) is 0.605. The van der Waals surface area contributed by atoms with Gasteiger partial charge in [0.05, 0.1) is 0 Å². The zero-order valence-corrected chi connectivity index (χ0v) is 10.5. The molecule has 2 N–H and O–H groups in total. The van der Waals surface area contributed by atoms with E-state index in [1.807, 2.05) is 11.8 Å². The lowest BCUT2D eigenvalue weighted by Gasteiger charge is -2.21. The molecule has 0 radical (unpaired) electrons. The number of thioether (sulfide) groups is 1. The molecule has 0 bridgehead atoms. The Hall–Kier alpha value is -1.16. The lowest BCUT2D eigenvalue weighted by atomic mass is 10.0. The standard InChI is InChI=1S/C13H17NO2S/c15-12-3-1-11(2-4-12)13(16)14-9-10-5-7-17-8-6-10/h1-4,10,15H,5-9H2,(H,14,16). The summed E-state index contributed by atoms with van der Waals surface area (Å²) < 4.78 is 0. The average Bonchev–Trinajstić information content (AvgIpc) is 2.38. The van der Waals surface area contributed by atoms with Gasteiger partial charge in [-0.3, -0.25) is 4.79 Å². The van der Waals surface area contributed by atoms with Gasteiger partial charge in [0.15, 0.2) is 0 Å². The van der Waals surface area contributed by atoms with Crippen LogP contribution in [0.15, 0.2) is 24.3 Å². The number of phenols is 1. The minimum Gasteiger partial charge on any atom is -0.508 e. The first-order valence-electron chi connectivity index (χ1n) is 5.90. The summed E-state index contributed by atoms with van der Waals surface area (Å²) >= 11 is 1.99. The van der Waals surface area contributed by atoms with E-state index in [0.29, 0.717) is 11.5 Å². The number of hydrogen-bond donors (Lipinski definition) is 2. The van der Waals surface area contributed by atoms with Crippen LogP contribution in [0.5, 0.6) is 5.75 Å². The van der Waals surface area contributed by atoms with Crippen molar-refractivity contribution in [2.45, 2.75) is 12.8 Å². The molecule has 1 heterocycles. The summed E-state index contributed by atoms with van der Waals surface area (Å²) in [4.78, 5) is 11.8. The summed E-state index contributed by atoms with van der Waals surface area (Å²) in [5.74, 6) is 3.17. The Morgan fingerprint density at radius 1 is 1.29 bits per heavy atom. The molecule has 92 valence electrons. The molecule has 1 amide bonds. The maximum Gasteiger partial charge on any atom is 0.251 e. The molecule has 4 heteroatoms. The van der Waals surface area contributed by atoms with E-state index in [0.717, 1.165) is 6.54 Å². The van der Waals surface area contributed by atoms with Gasteiger partial charge in [-0.05, 0) is 54.5 Å². The highest BCUT2D eigenvalue weighted by molar-refractivity contribution is 7.99. The zero-order valence-electron chi connectivity index (χ0n) is 9.69. The molecule has 1 aromatic rings. The third-order valence-corrected chi connectivity index (χ3v) is 4.07. The van der Waals surface area contributed by atoms with Crippen LogP contribution in [-0.4, -0.2) is 29.1 Å². The van der Waals surface area contributed by atoms with Gasteiger partial charge < -0.3 is 10.4 Å². The molecule has 0 aliphatic carbocycles. The Morgan fingerprint density at radius 2 is 1.94 bits per heavy atom. The maximum absolute atomic E-state index is 11.8. The topological polar surface area (TPSA) is 49.3 Å². The molecule has 0 aromatic heterocycles. The zero-order chi connectivity index (χ0) is 12.1. The normalized spacial score (nSPS) is 16.7. The molecule has 1 fully saturated rings. The van der Waals surface area contributed by atoms with Crippen LogP contribution in [-0.2, 0) is 0 Å². The molecule has 1 aliphatic rings. The number of rotatable bonds is 3. The van der Waals surface area contributed by atoms with E-state index in [1.165, 1.54) is 36.5 Å². The van der Waals surface area contributed by atoms with Gasteiger partial charge in [0.2, 0.25) is 0 Å². The summed E-state index contributed by atoms with van der Waals surface area (Å²) in [5, 5.41) is 12.1. The molecule has 0 atom stereocenters. The number of nitrogens with one attached hydrogen (secondary N) is 1. The van der Waals surface area contributed by atoms with Gasteiger partial charge in [-0.1, -0.05) is 0 Å². The molecule has 1 saturated heterocycles. The highest BCUT2D eigenvalue weighted by Gasteiger charge is 2.14. The van der Waals surface area contributed by atoms with Crippen molar-refractivity contribution in [2.75, 3.05) is 18.1 Å². The summed E-state index contributed by atoms with van der Waals surface area (Å²) in [6, 6.07) is 6.35. The molecule has 0 unspecified atom stereocenters. The predicted molar refractivity (Wildman–Crippen MR) is 70.5 cm³/mol. The Labute approximate surface area is 106 Å². The van der Waals surface area contributed by atoms with Crippen molar-refractivity contribution in [3.8, 4) is 5.75 Å². The van der Waals surface area contributed by atoms with Crippen molar-refractivity contribution < 1.29 is 9.90 Å². The highest BCUT2D eigenvalue weighted by atomic mass is 32.2. The molecular weight excluding hydrogens is 234 g/mol. The van der Waals surface area contributed by atoms with Gasteiger partial charge in [-0.25, -0.2) is 0 Å². The quantitative estimate of drug-likeness (QED) is 0.866. The lowest BCUT2D eigenvalue weighted by Crippen LogP contribution is -2.30. The van der Waals surface area contributed by atoms with Crippen LogP contribution in [0, 0.1) is 5.92 Å². The second kappa shape index (κ2) is 5.96. The lowest BCUT2D eigenvalue weighted by molar-refractivity contribution is 0.0946. The Morgan fingerprint density at radius 3 is 2.59 bits per heavy atom. The number of carbonyl (C=O) groups is 1. The molecule has 17 heavy (non-hydrogen) atoms. The molecular formula is C13H17NO2S. The number of amides is 1. The number of aromatic hydroxyl groups is 1. The minimum atomic E-state index is -0.0526. The van der Waals surface area contributed by atoms with Gasteiger partial charge in [0, 0.05) is 12.1 Å². The van der Waals surface area contributed by atoms with Crippen molar-refractivity contribution in [3.63, 3.8) is 0 Å². The third-order valence-electron chi connectivity index (χ3n) is 3.02. The van der Waals surface area contributed by atoms with Crippen LogP contribution in [0.1, 0.15) is 23.2 Å². The molecule has 3 nitrogen and oxygen atoms in total. The second-order valence-corrected chi connectivity index (χ2v) is 5.54. The Bertz CT molecular complexity index is 372. The third kappa shape index (κ3) is 3.66. The first kappa shape index (κ1) is 12.3. The first-order valence-corrected chi connectivity index (χ1v) is 7.06. The summed E-state index contributed by atoms with van der Waals surface area (Å²) in [6.07, 6.45) is 2.39. The van der Waals surface area contributed by atoms with Crippen LogP contribution >= 0.6 is 11.8 Å². The van der Waals surface area contributed by atoms with Gasteiger partial charge in [0.1, 0.15) is 5.75 Å². The smallest absolute Gasteiger partial charge is 0.251 e. The van der Waals surface area contributed by atoms with Crippen molar-refractivity contribution in [3.05, 3.63) is 29.8 Å². The molecule has 0 saturated carbocycles. The highest BCUT2D eigenvalue weighted by Crippen LogP contribution is 2.22. The first-order chi connectivity index (χ1) is 8.25. The summed E-state index contributed by atoms with van der Waals surface area (Å²) in [6.45, 7) is 0.764. The van der Waals surface area contributed by atoms with E-state index in [4.69, 9.17) is 5.11 Å². The van der Waals surface area contributed by atoms with Gasteiger partial charge >= 0.3 is 0 Å². The minimum absolute atomic E-state index is 0.0526. The fourth-order valence-electron chi connectivity index (χ4n) is 1.90. The molecule has 1 aromatic carbocycles. The summed E-state index contributed by atoms with van der Waals surface area (Å²) in [7, 11) is 0. The van der Waals surface area contributed by atoms with Crippen LogP contribution in [0.2, 0.25) is 0 Å². The number of benzene rings is 1. The van der Waals surface area contributed by atoms with E-state index in [1.54, 1.807) is 12.1 Å². The van der Waals surface area contributed by atoms with Crippen molar-refractivity contribution in [1.82, 2.24) is 5.32 Å².